The Labute approximate surface area is 188 Å². The monoisotopic (exact) mass is 437 g/mol. The first-order chi connectivity index (χ1) is 15.8. The van der Waals surface area contributed by atoms with Gasteiger partial charge >= 0.3 is 0 Å². The van der Waals surface area contributed by atoms with Crippen molar-refractivity contribution in [3.8, 4) is 17.3 Å². The summed E-state index contributed by atoms with van der Waals surface area (Å²) >= 11 is 0. The van der Waals surface area contributed by atoms with Crippen molar-refractivity contribution in [3.05, 3.63) is 54.0 Å². The van der Waals surface area contributed by atoms with Crippen LogP contribution in [0.3, 0.4) is 0 Å². The zero-order valence-corrected chi connectivity index (χ0v) is 18.7. The molecule has 1 fully saturated rings. The van der Waals surface area contributed by atoms with Crippen molar-refractivity contribution >= 4 is 5.96 Å². The summed E-state index contributed by atoms with van der Waals surface area (Å²) < 4.78 is 10.7. The number of H-pyrrole nitrogens is 1. The molecule has 1 aromatic carbocycles. The van der Waals surface area contributed by atoms with Crippen LogP contribution in [0.4, 0.5) is 0 Å². The number of rotatable bonds is 9. The van der Waals surface area contributed by atoms with Crippen LogP contribution in [0.1, 0.15) is 30.3 Å². The average molecular weight is 438 g/mol. The predicted octanol–water partition coefficient (Wildman–Crippen LogP) is 2.62. The molecule has 3 aromatic rings. The molecule has 9 nitrogen and oxygen atoms in total. The molecule has 1 aliphatic heterocycles. The van der Waals surface area contributed by atoms with Gasteiger partial charge in [0.2, 0.25) is 5.82 Å². The number of aromatic nitrogens is 3. The molecule has 2 aromatic heterocycles. The smallest absolute Gasteiger partial charge is 0.216 e. The second-order valence-electron chi connectivity index (χ2n) is 7.74. The Morgan fingerprint density at radius 2 is 2.03 bits per heavy atom. The van der Waals surface area contributed by atoms with Crippen LogP contribution in [0, 0.1) is 0 Å². The number of furan rings is 1. The third-order valence-electron chi connectivity index (χ3n) is 5.70. The second-order valence-corrected chi connectivity index (χ2v) is 7.74. The number of nitrogens with one attached hydrogen (secondary N) is 3. The number of ether oxygens (including phenoxy) is 1. The topological polar surface area (TPSA) is 104 Å². The third-order valence-corrected chi connectivity index (χ3v) is 5.70. The van der Waals surface area contributed by atoms with Gasteiger partial charge in [-0.1, -0.05) is 12.1 Å². The number of aromatic amines is 1. The molecule has 4 rings (SSSR count). The summed E-state index contributed by atoms with van der Waals surface area (Å²) in [6.45, 7) is 3.70. The fourth-order valence-corrected chi connectivity index (χ4v) is 3.97. The maximum absolute atomic E-state index is 5.34. The number of aliphatic imine (C=N–C) groups is 1. The maximum Gasteiger partial charge on any atom is 0.216 e. The van der Waals surface area contributed by atoms with Gasteiger partial charge in [-0.15, -0.1) is 0 Å². The summed E-state index contributed by atoms with van der Waals surface area (Å²) in [4.78, 5) is 11.4. The molecule has 0 aliphatic carbocycles. The normalized spacial score (nSPS) is 15.6. The molecule has 1 atom stereocenters. The Morgan fingerprint density at radius 3 is 2.72 bits per heavy atom. The predicted molar refractivity (Wildman–Crippen MR) is 124 cm³/mol. The lowest BCUT2D eigenvalue weighted by Gasteiger charge is -2.29. The number of methoxy groups -OCH3 is 1. The standard InChI is InChI=1S/C23H31N7O2/c1-24-23(25-12-11-21-27-22(29-28-21)20-6-5-15-32-20)26-16-19(30-13-3-4-14-30)17-7-9-18(31-2)10-8-17/h5-10,15,19H,3-4,11-14,16H2,1-2H3,(H2,24,25,26)(H,27,28,29). The quantitative estimate of drug-likeness (QED) is 0.349. The van der Waals surface area contributed by atoms with Gasteiger partial charge in [-0.3, -0.25) is 15.0 Å². The highest BCUT2D eigenvalue weighted by Crippen LogP contribution is 2.26. The van der Waals surface area contributed by atoms with Crippen LogP contribution < -0.4 is 15.4 Å². The summed E-state index contributed by atoms with van der Waals surface area (Å²) in [6.07, 6.45) is 4.81. The number of nitrogens with zero attached hydrogens (tertiary/aromatic N) is 4. The van der Waals surface area contributed by atoms with E-state index in [2.05, 4.69) is 47.8 Å². The van der Waals surface area contributed by atoms with E-state index in [9.17, 15) is 0 Å². The van der Waals surface area contributed by atoms with Gasteiger partial charge in [0.05, 0.1) is 19.4 Å². The summed E-state index contributed by atoms with van der Waals surface area (Å²) in [6, 6.07) is 12.3. The first-order valence-corrected chi connectivity index (χ1v) is 11.0. The van der Waals surface area contributed by atoms with Crippen molar-refractivity contribution in [1.82, 2.24) is 30.7 Å². The van der Waals surface area contributed by atoms with Crippen molar-refractivity contribution < 1.29 is 9.15 Å². The van der Waals surface area contributed by atoms with Gasteiger partial charge in [0.1, 0.15) is 11.6 Å². The second kappa shape index (κ2) is 10.8. The lowest BCUT2D eigenvalue weighted by molar-refractivity contribution is 0.245. The molecule has 0 spiro atoms. The highest BCUT2D eigenvalue weighted by molar-refractivity contribution is 5.79. The summed E-state index contributed by atoms with van der Waals surface area (Å²) in [7, 11) is 3.48. The van der Waals surface area contributed by atoms with Crippen molar-refractivity contribution in [2.45, 2.75) is 25.3 Å². The zero-order valence-electron chi connectivity index (χ0n) is 18.7. The average Bonchev–Trinajstić information content (AvgIpc) is 3.61. The summed E-state index contributed by atoms with van der Waals surface area (Å²) in [5.41, 5.74) is 1.28. The van der Waals surface area contributed by atoms with E-state index in [1.54, 1.807) is 20.4 Å². The van der Waals surface area contributed by atoms with Crippen LogP contribution in [-0.4, -0.2) is 66.4 Å². The van der Waals surface area contributed by atoms with E-state index in [0.29, 0.717) is 24.6 Å². The summed E-state index contributed by atoms with van der Waals surface area (Å²) in [5, 5.41) is 14.0. The molecule has 1 saturated heterocycles. The van der Waals surface area contributed by atoms with Crippen LogP contribution in [0.25, 0.3) is 11.6 Å². The number of benzene rings is 1. The molecule has 32 heavy (non-hydrogen) atoms. The van der Waals surface area contributed by atoms with E-state index in [1.165, 1.54) is 18.4 Å². The van der Waals surface area contributed by atoms with Gasteiger partial charge in [0.15, 0.2) is 11.7 Å². The van der Waals surface area contributed by atoms with E-state index < -0.39 is 0 Å². The van der Waals surface area contributed by atoms with E-state index in [-0.39, 0.29) is 6.04 Å². The molecule has 3 N–H and O–H groups in total. The van der Waals surface area contributed by atoms with Gasteiger partial charge in [-0.25, -0.2) is 4.98 Å². The SMILES string of the molecule is CN=C(NCCc1nc(-c2ccco2)n[nH]1)NCC(c1ccc(OC)cc1)N1CCCC1. The molecule has 0 amide bonds. The Balaban J connectivity index is 1.30. The molecular formula is C23H31N7O2. The van der Waals surface area contributed by atoms with Gasteiger partial charge in [0, 0.05) is 26.6 Å². The van der Waals surface area contributed by atoms with E-state index >= 15 is 0 Å². The van der Waals surface area contributed by atoms with Gasteiger partial charge in [-0.05, 0) is 55.8 Å². The van der Waals surface area contributed by atoms with E-state index in [0.717, 1.165) is 37.2 Å². The third kappa shape index (κ3) is 5.47. The number of hydrogen-bond donors (Lipinski definition) is 3. The molecular weight excluding hydrogens is 406 g/mol. The Hall–Kier alpha value is -3.33. The molecule has 1 aliphatic rings. The molecule has 0 saturated carbocycles. The highest BCUT2D eigenvalue weighted by atomic mass is 16.5. The number of hydrogen-bond acceptors (Lipinski definition) is 6. The molecule has 3 heterocycles. The zero-order chi connectivity index (χ0) is 22.2. The van der Waals surface area contributed by atoms with E-state index in [1.807, 2.05) is 24.3 Å². The van der Waals surface area contributed by atoms with Crippen molar-refractivity contribution in [2.24, 2.45) is 4.99 Å². The van der Waals surface area contributed by atoms with Crippen LogP contribution >= 0.6 is 0 Å². The lowest BCUT2D eigenvalue weighted by atomic mass is 10.1. The van der Waals surface area contributed by atoms with Crippen molar-refractivity contribution in [2.75, 3.05) is 40.3 Å². The first kappa shape index (κ1) is 21.9. The minimum Gasteiger partial charge on any atom is -0.497 e. The molecule has 170 valence electrons. The van der Waals surface area contributed by atoms with E-state index in [4.69, 9.17) is 9.15 Å². The maximum atomic E-state index is 5.34. The molecule has 0 radical (unpaired) electrons. The van der Waals surface area contributed by atoms with Gasteiger partial charge in [0.25, 0.3) is 0 Å². The minimum absolute atomic E-state index is 0.284. The number of likely N-dealkylation sites (tertiary alicyclic amines) is 1. The van der Waals surface area contributed by atoms with Crippen molar-refractivity contribution in [1.29, 1.82) is 0 Å². The number of guanidine groups is 1. The van der Waals surface area contributed by atoms with Crippen LogP contribution in [-0.2, 0) is 6.42 Å². The van der Waals surface area contributed by atoms with Crippen LogP contribution in [0.2, 0.25) is 0 Å². The Kier molecular flexibility index (Phi) is 7.39. The fourth-order valence-electron chi connectivity index (χ4n) is 3.97. The van der Waals surface area contributed by atoms with Gasteiger partial charge in [-0.2, -0.15) is 5.10 Å². The van der Waals surface area contributed by atoms with Crippen molar-refractivity contribution in [3.63, 3.8) is 0 Å². The molecule has 9 heteroatoms. The lowest BCUT2D eigenvalue weighted by Crippen LogP contribution is -2.43. The summed E-state index contributed by atoms with van der Waals surface area (Å²) in [5.74, 6) is 3.67. The Bertz CT molecular complexity index is 976. The molecule has 0 bridgehead atoms. The molecule has 1 unspecified atom stereocenters. The largest absolute Gasteiger partial charge is 0.497 e. The fraction of sp³-hybridized carbons (Fsp3) is 0.435. The Morgan fingerprint density at radius 1 is 1.22 bits per heavy atom. The van der Waals surface area contributed by atoms with Crippen LogP contribution in [0.15, 0.2) is 52.1 Å². The van der Waals surface area contributed by atoms with Crippen LogP contribution in [0.5, 0.6) is 5.75 Å². The minimum atomic E-state index is 0.284. The van der Waals surface area contributed by atoms with Gasteiger partial charge < -0.3 is 19.8 Å². The first-order valence-electron chi connectivity index (χ1n) is 11.0. The highest BCUT2D eigenvalue weighted by Gasteiger charge is 2.23.